The van der Waals surface area contributed by atoms with Gasteiger partial charge in [-0.25, -0.2) is 9.97 Å². The lowest BCUT2D eigenvalue weighted by Gasteiger charge is -2.42. The fourth-order valence-electron chi connectivity index (χ4n) is 4.13. The number of hydrogen-bond donors (Lipinski definition) is 2. The number of halogens is 1. The van der Waals surface area contributed by atoms with Crippen LogP contribution in [-0.2, 0) is 4.74 Å². The Balaban J connectivity index is 1.24. The Morgan fingerprint density at radius 2 is 1.79 bits per heavy atom. The number of ether oxygens (including phenoxy) is 1. The molecule has 8 nitrogen and oxygen atoms in total. The van der Waals surface area contributed by atoms with E-state index in [0.717, 1.165) is 63.8 Å². The summed E-state index contributed by atoms with van der Waals surface area (Å²) in [6.45, 7) is 4.97. The molecule has 4 heterocycles. The molecule has 2 aliphatic heterocycles. The molecule has 4 aliphatic rings. The summed E-state index contributed by atoms with van der Waals surface area (Å²) in [6, 6.07) is 2.49. The largest absolute Gasteiger partial charge is 0.378 e. The molecule has 2 aromatic heterocycles. The third-order valence-corrected chi connectivity index (χ3v) is 6.41. The number of nitrogens with zero attached hydrogens (tertiary/aromatic N) is 5. The zero-order valence-electron chi connectivity index (χ0n) is 16.4. The standard InChI is InChI=1S/C20H26FN7O/c21-17-19(22-16-9-15(25-26-16)12-1-2-12)23-18(13-3-4-13)24-20(17)28-7-5-27(6-8-28)14-10-29-11-14/h9,12-14H,1-8,10-11H2,(H2,22,23,24,25,26). The third-order valence-electron chi connectivity index (χ3n) is 6.41. The second-order valence-electron chi connectivity index (χ2n) is 8.66. The average Bonchev–Trinajstić information content (AvgIpc) is 3.61. The first-order chi connectivity index (χ1) is 14.2. The predicted octanol–water partition coefficient (Wildman–Crippen LogP) is 2.36. The fourth-order valence-corrected chi connectivity index (χ4v) is 4.13. The summed E-state index contributed by atoms with van der Waals surface area (Å²) >= 11 is 0. The highest BCUT2D eigenvalue weighted by atomic mass is 19.1. The van der Waals surface area contributed by atoms with E-state index in [-0.39, 0.29) is 11.6 Å². The van der Waals surface area contributed by atoms with Gasteiger partial charge in [0.2, 0.25) is 5.82 Å². The van der Waals surface area contributed by atoms with E-state index >= 15 is 4.39 Å². The highest BCUT2D eigenvalue weighted by molar-refractivity contribution is 5.59. The topological polar surface area (TPSA) is 82.2 Å². The van der Waals surface area contributed by atoms with E-state index in [1.165, 1.54) is 12.8 Å². The molecule has 2 aliphatic carbocycles. The molecular formula is C20H26FN7O. The minimum absolute atomic E-state index is 0.237. The summed E-state index contributed by atoms with van der Waals surface area (Å²) in [6.07, 6.45) is 4.54. The van der Waals surface area contributed by atoms with Crippen molar-refractivity contribution in [2.24, 2.45) is 0 Å². The minimum atomic E-state index is -0.384. The van der Waals surface area contributed by atoms with E-state index in [9.17, 15) is 0 Å². The van der Waals surface area contributed by atoms with Gasteiger partial charge in [-0.15, -0.1) is 0 Å². The van der Waals surface area contributed by atoms with E-state index in [2.05, 4.69) is 35.3 Å². The number of nitrogens with one attached hydrogen (secondary N) is 2. The SMILES string of the molecule is Fc1c(Nc2cc(C3CC3)[nH]n2)nc(C2CC2)nc1N1CCN(C2COC2)CC1. The molecule has 2 saturated heterocycles. The molecule has 0 atom stereocenters. The molecule has 29 heavy (non-hydrogen) atoms. The number of piperazine rings is 1. The van der Waals surface area contributed by atoms with Crippen LogP contribution in [0.2, 0.25) is 0 Å². The molecular weight excluding hydrogens is 373 g/mol. The van der Waals surface area contributed by atoms with Gasteiger partial charge in [-0.2, -0.15) is 9.49 Å². The maximum Gasteiger partial charge on any atom is 0.208 e. The van der Waals surface area contributed by atoms with Gasteiger partial charge in [0.1, 0.15) is 5.82 Å². The normalized spacial score (nSPS) is 23.3. The molecule has 0 amide bonds. The van der Waals surface area contributed by atoms with Crippen molar-refractivity contribution in [2.45, 2.75) is 43.6 Å². The lowest BCUT2D eigenvalue weighted by Crippen LogP contribution is -2.56. The maximum atomic E-state index is 15.4. The van der Waals surface area contributed by atoms with Crippen LogP contribution in [0, 0.1) is 5.82 Å². The first-order valence-corrected chi connectivity index (χ1v) is 10.7. The van der Waals surface area contributed by atoms with Crippen molar-refractivity contribution in [3.05, 3.63) is 23.4 Å². The Hall–Kier alpha value is -2.26. The molecule has 0 radical (unpaired) electrons. The van der Waals surface area contributed by atoms with Crippen molar-refractivity contribution < 1.29 is 9.13 Å². The molecule has 9 heteroatoms. The Labute approximate surface area is 168 Å². The Morgan fingerprint density at radius 3 is 2.45 bits per heavy atom. The first-order valence-electron chi connectivity index (χ1n) is 10.7. The molecule has 0 unspecified atom stereocenters. The maximum absolute atomic E-state index is 15.4. The van der Waals surface area contributed by atoms with Gasteiger partial charge in [0.25, 0.3) is 0 Å². The molecule has 2 N–H and O–H groups in total. The molecule has 0 aromatic carbocycles. The Kier molecular flexibility index (Phi) is 4.19. The van der Waals surface area contributed by atoms with Crippen molar-refractivity contribution in [1.29, 1.82) is 0 Å². The summed E-state index contributed by atoms with van der Waals surface area (Å²) in [5.74, 6) is 2.56. The van der Waals surface area contributed by atoms with Gasteiger partial charge in [0.05, 0.1) is 19.3 Å². The van der Waals surface area contributed by atoms with Crippen LogP contribution in [0.25, 0.3) is 0 Å². The predicted molar refractivity (Wildman–Crippen MR) is 106 cm³/mol. The van der Waals surface area contributed by atoms with Crippen molar-refractivity contribution in [1.82, 2.24) is 25.1 Å². The van der Waals surface area contributed by atoms with E-state index in [1.54, 1.807) is 0 Å². The van der Waals surface area contributed by atoms with Crippen LogP contribution in [0.1, 0.15) is 49.0 Å². The van der Waals surface area contributed by atoms with Crippen LogP contribution < -0.4 is 10.2 Å². The lowest BCUT2D eigenvalue weighted by atomic mass is 10.2. The highest BCUT2D eigenvalue weighted by Gasteiger charge is 2.33. The van der Waals surface area contributed by atoms with Crippen LogP contribution in [0.5, 0.6) is 0 Å². The van der Waals surface area contributed by atoms with E-state index in [0.29, 0.717) is 29.5 Å². The smallest absolute Gasteiger partial charge is 0.208 e. The van der Waals surface area contributed by atoms with Crippen LogP contribution in [-0.4, -0.2) is 70.5 Å². The van der Waals surface area contributed by atoms with Crippen molar-refractivity contribution in [2.75, 3.05) is 49.6 Å². The number of H-pyrrole nitrogens is 1. The van der Waals surface area contributed by atoms with E-state index < -0.39 is 0 Å². The van der Waals surface area contributed by atoms with Crippen molar-refractivity contribution in [3.8, 4) is 0 Å². The number of rotatable bonds is 6. The summed E-state index contributed by atoms with van der Waals surface area (Å²) in [4.78, 5) is 13.6. The zero-order valence-corrected chi connectivity index (χ0v) is 16.4. The van der Waals surface area contributed by atoms with Gasteiger partial charge in [-0.1, -0.05) is 0 Å². The second-order valence-corrected chi connectivity index (χ2v) is 8.66. The van der Waals surface area contributed by atoms with Crippen LogP contribution in [0.3, 0.4) is 0 Å². The third kappa shape index (κ3) is 3.46. The van der Waals surface area contributed by atoms with Crippen molar-refractivity contribution in [3.63, 3.8) is 0 Å². The number of anilines is 3. The highest BCUT2D eigenvalue weighted by Crippen LogP contribution is 2.41. The molecule has 0 spiro atoms. The minimum Gasteiger partial charge on any atom is -0.378 e. The molecule has 2 saturated carbocycles. The lowest BCUT2D eigenvalue weighted by molar-refractivity contribution is -0.0661. The van der Waals surface area contributed by atoms with Crippen LogP contribution >= 0.6 is 0 Å². The Morgan fingerprint density at radius 1 is 1.03 bits per heavy atom. The average molecular weight is 399 g/mol. The van der Waals surface area contributed by atoms with Crippen LogP contribution in [0.4, 0.5) is 21.8 Å². The van der Waals surface area contributed by atoms with E-state index in [4.69, 9.17) is 4.74 Å². The van der Waals surface area contributed by atoms with E-state index in [1.807, 2.05) is 6.07 Å². The first kappa shape index (κ1) is 17.6. The number of aromatic amines is 1. The van der Waals surface area contributed by atoms with Gasteiger partial charge >= 0.3 is 0 Å². The summed E-state index contributed by atoms with van der Waals surface area (Å²) in [5, 5.41) is 10.5. The fraction of sp³-hybridized carbons (Fsp3) is 0.650. The van der Waals surface area contributed by atoms with Gasteiger partial charge < -0.3 is 15.0 Å². The van der Waals surface area contributed by atoms with Gasteiger partial charge in [0, 0.05) is 49.8 Å². The monoisotopic (exact) mass is 399 g/mol. The quantitative estimate of drug-likeness (QED) is 0.772. The Bertz CT molecular complexity index is 898. The molecule has 154 valence electrons. The van der Waals surface area contributed by atoms with Gasteiger partial charge in [-0.05, 0) is 25.7 Å². The van der Waals surface area contributed by atoms with Crippen LogP contribution in [0.15, 0.2) is 6.07 Å². The summed E-state index contributed by atoms with van der Waals surface area (Å²) in [7, 11) is 0. The number of hydrogen-bond acceptors (Lipinski definition) is 7. The molecule has 0 bridgehead atoms. The van der Waals surface area contributed by atoms with Gasteiger partial charge in [0.15, 0.2) is 17.5 Å². The summed E-state index contributed by atoms with van der Waals surface area (Å²) < 4.78 is 20.7. The zero-order chi connectivity index (χ0) is 19.4. The number of aromatic nitrogens is 4. The molecule has 6 rings (SSSR count). The summed E-state index contributed by atoms with van der Waals surface area (Å²) in [5.41, 5.74) is 1.11. The molecule has 4 fully saturated rings. The second kappa shape index (κ2) is 6.91. The van der Waals surface area contributed by atoms with Crippen molar-refractivity contribution >= 4 is 17.5 Å². The molecule has 2 aromatic rings. The van der Waals surface area contributed by atoms with Gasteiger partial charge in [-0.3, -0.25) is 10.00 Å².